The van der Waals surface area contributed by atoms with E-state index in [9.17, 15) is 19.7 Å². The number of hydrogen-bond donors (Lipinski definition) is 0. The molecule has 3 aromatic carbocycles. The first-order chi connectivity index (χ1) is 15.4. The first-order valence-corrected chi connectivity index (χ1v) is 10.7. The molecule has 0 radical (unpaired) electrons. The first-order valence-electron chi connectivity index (χ1n) is 10.4. The number of nitrogens with zero attached hydrogens (tertiary/aromatic N) is 2. The lowest BCUT2D eigenvalue weighted by molar-refractivity contribution is -0.384. The van der Waals surface area contributed by atoms with Crippen LogP contribution in [0.2, 0.25) is 5.02 Å². The largest absolute Gasteiger partial charge is 0.274 e. The number of amides is 2. The summed E-state index contributed by atoms with van der Waals surface area (Å²) in [5, 5.41) is 11.5. The van der Waals surface area contributed by atoms with E-state index in [-0.39, 0.29) is 34.1 Å². The van der Waals surface area contributed by atoms with Crippen molar-refractivity contribution in [3.63, 3.8) is 0 Å². The molecule has 1 aliphatic heterocycles. The van der Waals surface area contributed by atoms with Crippen LogP contribution in [0.3, 0.4) is 0 Å². The molecule has 2 unspecified atom stereocenters. The van der Waals surface area contributed by atoms with Gasteiger partial charge in [-0.15, -0.1) is 0 Å². The van der Waals surface area contributed by atoms with Gasteiger partial charge in [-0.1, -0.05) is 67.1 Å². The number of non-ortho nitro benzene ring substituents is 1. The summed E-state index contributed by atoms with van der Waals surface area (Å²) in [5.74, 6) is -2.18. The quantitative estimate of drug-likeness (QED) is 0.322. The van der Waals surface area contributed by atoms with Crippen LogP contribution in [0.25, 0.3) is 0 Å². The highest BCUT2D eigenvalue weighted by molar-refractivity contribution is 6.36. The number of nitro benzene ring substituents is 1. The summed E-state index contributed by atoms with van der Waals surface area (Å²) in [7, 11) is 0. The van der Waals surface area contributed by atoms with Crippen molar-refractivity contribution in [1.29, 1.82) is 0 Å². The number of benzene rings is 3. The van der Waals surface area contributed by atoms with Crippen molar-refractivity contribution in [2.75, 3.05) is 4.90 Å². The molecule has 0 N–H and O–H groups in total. The zero-order valence-corrected chi connectivity index (χ0v) is 17.7. The number of carbonyl (C=O) groups is 2. The standard InChI is InChI=1S/C25H17ClN2O4/c1-25-16-8-4-2-6-14(16)20(15-7-3-5-9-17(15)25)21-22(25)24(30)27(23(21)29)19-12-13(28(31)32)10-11-18(19)26/h2-12,20-22H,1H3. The number of halogens is 1. The van der Waals surface area contributed by atoms with E-state index in [0.717, 1.165) is 27.2 Å². The van der Waals surface area contributed by atoms with Gasteiger partial charge in [0.2, 0.25) is 11.8 Å². The minimum atomic E-state index is -0.693. The number of carbonyl (C=O) groups excluding carboxylic acids is 2. The SMILES string of the molecule is CC12c3ccccc3C(c3ccccc31)C1C(=O)N(c3cc([N+](=O)[O-])ccc3Cl)C(=O)C12. The molecule has 158 valence electrons. The predicted octanol–water partition coefficient (Wildman–Crippen LogP) is 4.82. The molecule has 7 heteroatoms. The molecule has 1 heterocycles. The molecule has 2 bridgehead atoms. The van der Waals surface area contributed by atoms with Crippen molar-refractivity contribution in [2.24, 2.45) is 11.8 Å². The van der Waals surface area contributed by atoms with E-state index in [0.29, 0.717) is 0 Å². The number of anilines is 1. The van der Waals surface area contributed by atoms with E-state index in [2.05, 4.69) is 0 Å². The van der Waals surface area contributed by atoms with Gasteiger partial charge < -0.3 is 0 Å². The van der Waals surface area contributed by atoms with Crippen molar-refractivity contribution in [3.8, 4) is 0 Å². The van der Waals surface area contributed by atoms with E-state index in [1.165, 1.54) is 18.2 Å². The second-order valence-electron chi connectivity index (χ2n) is 8.76. The lowest BCUT2D eigenvalue weighted by Crippen LogP contribution is -2.51. The average Bonchev–Trinajstić information content (AvgIpc) is 3.06. The Morgan fingerprint density at radius 2 is 1.53 bits per heavy atom. The molecule has 3 aliphatic carbocycles. The van der Waals surface area contributed by atoms with Crippen LogP contribution in [0.5, 0.6) is 0 Å². The van der Waals surface area contributed by atoms with Crippen molar-refractivity contribution in [1.82, 2.24) is 0 Å². The Labute approximate surface area is 188 Å². The van der Waals surface area contributed by atoms with Crippen LogP contribution < -0.4 is 4.90 Å². The van der Waals surface area contributed by atoms with Gasteiger partial charge in [0.15, 0.2) is 0 Å². The Hall–Kier alpha value is -3.51. The Morgan fingerprint density at radius 3 is 2.12 bits per heavy atom. The van der Waals surface area contributed by atoms with E-state index < -0.39 is 22.2 Å². The summed E-state index contributed by atoms with van der Waals surface area (Å²) in [6.07, 6.45) is 0. The summed E-state index contributed by atoms with van der Waals surface area (Å²) in [6, 6.07) is 19.8. The van der Waals surface area contributed by atoms with Crippen molar-refractivity contribution in [2.45, 2.75) is 18.3 Å². The number of imide groups is 1. The van der Waals surface area contributed by atoms with Crippen molar-refractivity contribution in [3.05, 3.63) is 104 Å². The van der Waals surface area contributed by atoms with E-state index in [1.54, 1.807) is 0 Å². The first kappa shape index (κ1) is 19.2. The normalized spacial score (nSPS) is 27.2. The van der Waals surface area contributed by atoms with Crippen LogP contribution in [0.15, 0.2) is 66.7 Å². The highest BCUT2D eigenvalue weighted by Crippen LogP contribution is 2.64. The third-order valence-corrected chi connectivity index (χ3v) is 7.74. The second-order valence-corrected chi connectivity index (χ2v) is 9.17. The zero-order chi connectivity index (χ0) is 22.4. The van der Waals surface area contributed by atoms with Gasteiger partial charge in [0, 0.05) is 23.5 Å². The summed E-state index contributed by atoms with van der Waals surface area (Å²) >= 11 is 6.34. The molecular formula is C25H17ClN2O4. The van der Waals surface area contributed by atoms with Gasteiger partial charge in [-0.25, -0.2) is 4.90 Å². The van der Waals surface area contributed by atoms with Crippen LogP contribution in [-0.4, -0.2) is 16.7 Å². The fraction of sp³-hybridized carbons (Fsp3) is 0.200. The van der Waals surface area contributed by atoms with Gasteiger partial charge >= 0.3 is 0 Å². The molecule has 0 saturated carbocycles. The van der Waals surface area contributed by atoms with E-state index >= 15 is 0 Å². The zero-order valence-electron chi connectivity index (χ0n) is 17.0. The Kier molecular flexibility index (Phi) is 3.76. The summed E-state index contributed by atoms with van der Waals surface area (Å²) < 4.78 is 0. The van der Waals surface area contributed by atoms with E-state index in [4.69, 9.17) is 11.6 Å². The minimum absolute atomic E-state index is 0.0707. The van der Waals surface area contributed by atoms with Gasteiger partial charge in [-0.3, -0.25) is 19.7 Å². The predicted molar refractivity (Wildman–Crippen MR) is 119 cm³/mol. The van der Waals surface area contributed by atoms with Gasteiger partial charge in [0.05, 0.1) is 27.5 Å². The molecule has 1 fully saturated rings. The maximum absolute atomic E-state index is 13.9. The third-order valence-electron chi connectivity index (χ3n) is 7.42. The minimum Gasteiger partial charge on any atom is -0.274 e. The van der Waals surface area contributed by atoms with E-state index in [1.807, 2.05) is 55.5 Å². The molecule has 0 aromatic heterocycles. The smallest absolute Gasteiger partial charge is 0.271 e. The molecule has 0 spiro atoms. The highest BCUT2D eigenvalue weighted by atomic mass is 35.5. The van der Waals surface area contributed by atoms with Crippen LogP contribution in [0, 0.1) is 22.0 Å². The van der Waals surface area contributed by atoms with Gasteiger partial charge in [0.1, 0.15) is 0 Å². The Balaban J connectivity index is 1.60. The molecule has 7 rings (SSSR count). The Morgan fingerprint density at radius 1 is 0.938 bits per heavy atom. The van der Waals surface area contributed by atoms with Crippen molar-refractivity contribution >= 4 is 34.8 Å². The maximum Gasteiger partial charge on any atom is 0.271 e. The topological polar surface area (TPSA) is 80.5 Å². The maximum atomic E-state index is 13.9. The monoisotopic (exact) mass is 444 g/mol. The molecule has 4 aliphatic rings. The van der Waals surface area contributed by atoms with Gasteiger partial charge in [0.25, 0.3) is 5.69 Å². The fourth-order valence-electron chi connectivity index (χ4n) is 6.17. The Bertz CT molecular complexity index is 1320. The molecule has 6 nitrogen and oxygen atoms in total. The summed E-state index contributed by atoms with van der Waals surface area (Å²) in [4.78, 5) is 39.5. The lowest BCUT2D eigenvalue weighted by atomic mass is 9.48. The second kappa shape index (κ2) is 6.26. The molecule has 32 heavy (non-hydrogen) atoms. The number of nitro groups is 1. The average molecular weight is 445 g/mol. The fourth-order valence-corrected chi connectivity index (χ4v) is 6.38. The molecule has 1 saturated heterocycles. The summed E-state index contributed by atoms with van der Waals surface area (Å²) in [6.45, 7) is 2.03. The highest BCUT2D eigenvalue weighted by Gasteiger charge is 2.66. The number of hydrogen-bond acceptors (Lipinski definition) is 4. The van der Waals surface area contributed by atoms with Crippen LogP contribution in [0.4, 0.5) is 11.4 Å². The van der Waals surface area contributed by atoms with Gasteiger partial charge in [-0.2, -0.15) is 0 Å². The molecular weight excluding hydrogens is 428 g/mol. The molecule has 2 amide bonds. The lowest BCUT2D eigenvalue weighted by Gasteiger charge is -2.52. The molecule has 2 atom stereocenters. The third kappa shape index (κ3) is 2.15. The molecule has 3 aromatic rings. The van der Waals surface area contributed by atoms with Gasteiger partial charge in [-0.05, 0) is 28.3 Å². The van der Waals surface area contributed by atoms with Crippen LogP contribution >= 0.6 is 11.6 Å². The van der Waals surface area contributed by atoms with Crippen LogP contribution in [0.1, 0.15) is 35.1 Å². The summed E-state index contributed by atoms with van der Waals surface area (Å²) in [5.41, 5.74) is 3.38. The van der Waals surface area contributed by atoms with Crippen molar-refractivity contribution < 1.29 is 14.5 Å². The van der Waals surface area contributed by atoms with Crippen LogP contribution in [-0.2, 0) is 15.0 Å². The number of rotatable bonds is 2.